The van der Waals surface area contributed by atoms with Crippen LogP contribution in [0.4, 0.5) is 17.6 Å². The first-order valence-electron chi connectivity index (χ1n) is 5.56. The Balaban J connectivity index is 2.47. The van der Waals surface area contributed by atoms with E-state index in [4.69, 9.17) is 10.3 Å². The first kappa shape index (κ1) is 15.8. The van der Waals surface area contributed by atoms with Gasteiger partial charge in [-0.25, -0.2) is 8.78 Å². The summed E-state index contributed by atoms with van der Waals surface area (Å²) in [4.78, 5) is 3.84. The minimum Gasteiger partial charge on any atom is -0.367 e. The van der Waals surface area contributed by atoms with Gasteiger partial charge in [0, 0.05) is 0 Å². The van der Waals surface area contributed by atoms with E-state index in [2.05, 4.69) is 14.9 Å². The van der Waals surface area contributed by atoms with E-state index in [9.17, 15) is 17.6 Å². The van der Waals surface area contributed by atoms with Crippen molar-refractivity contribution in [3.63, 3.8) is 0 Å². The molecule has 0 bridgehead atoms. The molecule has 0 spiro atoms. The first-order chi connectivity index (χ1) is 8.74. The van der Waals surface area contributed by atoms with E-state index in [1.165, 1.54) is 0 Å². The van der Waals surface area contributed by atoms with E-state index in [-0.39, 0.29) is 17.6 Å². The van der Waals surface area contributed by atoms with Gasteiger partial charge in [-0.05, 0) is 5.92 Å². The van der Waals surface area contributed by atoms with Crippen LogP contribution in [-0.2, 0) is 11.3 Å². The minimum absolute atomic E-state index is 0.0174. The highest BCUT2D eigenvalue weighted by atomic mass is 19.3. The van der Waals surface area contributed by atoms with Crippen LogP contribution >= 0.6 is 0 Å². The number of halogens is 4. The van der Waals surface area contributed by atoms with Gasteiger partial charge in [-0.2, -0.15) is 13.8 Å². The molecule has 1 rings (SSSR count). The summed E-state index contributed by atoms with van der Waals surface area (Å²) in [6.07, 6.45) is -3.78. The predicted molar refractivity (Wildman–Crippen MR) is 56.7 cm³/mol. The van der Waals surface area contributed by atoms with Crippen LogP contribution in [0.25, 0.3) is 0 Å². The first-order valence-corrected chi connectivity index (χ1v) is 5.56. The molecule has 1 aromatic rings. The van der Waals surface area contributed by atoms with Crippen LogP contribution in [-0.4, -0.2) is 29.1 Å². The van der Waals surface area contributed by atoms with E-state index < -0.39 is 31.6 Å². The number of alkyl halides is 4. The SMILES string of the molecule is CC(C)[C@@H](N)c1nc(COCC(F)(F)C(F)F)no1. The topological polar surface area (TPSA) is 74.2 Å². The summed E-state index contributed by atoms with van der Waals surface area (Å²) in [5.74, 6) is -4.01. The largest absolute Gasteiger partial charge is 0.367 e. The zero-order valence-electron chi connectivity index (χ0n) is 10.4. The summed E-state index contributed by atoms with van der Waals surface area (Å²) in [6.45, 7) is 1.82. The number of hydrogen-bond donors (Lipinski definition) is 1. The average Bonchev–Trinajstić information content (AvgIpc) is 2.76. The van der Waals surface area contributed by atoms with Crippen molar-refractivity contribution in [1.29, 1.82) is 0 Å². The number of hydrogen-bond acceptors (Lipinski definition) is 5. The maximum atomic E-state index is 12.5. The Morgan fingerprint density at radius 3 is 2.53 bits per heavy atom. The van der Waals surface area contributed by atoms with Gasteiger partial charge in [0.1, 0.15) is 13.2 Å². The van der Waals surface area contributed by atoms with E-state index in [1.54, 1.807) is 0 Å². The highest BCUT2D eigenvalue weighted by molar-refractivity contribution is 4.92. The molecule has 19 heavy (non-hydrogen) atoms. The maximum absolute atomic E-state index is 12.5. The Bertz CT molecular complexity index is 398. The third-order valence-electron chi connectivity index (χ3n) is 2.33. The van der Waals surface area contributed by atoms with E-state index in [1.807, 2.05) is 13.8 Å². The highest BCUT2D eigenvalue weighted by Crippen LogP contribution is 2.23. The lowest BCUT2D eigenvalue weighted by Crippen LogP contribution is -2.32. The fourth-order valence-electron chi connectivity index (χ4n) is 1.09. The monoisotopic (exact) mass is 285 g/mol. The molecule has 0 aromatic carbocycles. The molecule has 0 saturated carbocycles. The standard InChI is InChI=1S/C10H15F4N3O2/c1-5(2)7(15)8-16-6(17-19-8)3-18-4-10(13,14)9(11)12/h5,7,9H,3-4,15H2,1-2H3/t7-/m1/s1. The molecule has 0 unspecified atom stereocenters. The molecule has 9 heteroatoms. The lowest BCUT2D eigenvalue weighted by atomic mass is 10.1. The van der Waals surface area contributed by atoms with Crippen molar-refractivity contribution in [2.45, 2.75) is 38.8 Å². The molecule has 0 aliphatic carbocycles. The van der Waals surface area contributed by atoms with Crippen molar-refractivity contribution in [3.8, 4) is 0 Å². The molecule has 5 nitrogen and oxygen atoms in total. The number of nitrogens with zero attached hydrogens (tertiary/aromatic N) is 2. The fourth-order valence-corrected chi connectivity index (χ4v) is 1.09. The zero-order valence-corrected chi connectivity index (χ0v) is 10.4. The second kappa shape index (κ2) is 6.29. The summed E-state index contributed by atoms with van der Waals surface area (Å²) >= 11 is 0. The smallest absolute Gasteiger partial charge is 0.330 e. The third-order valence-corrected chi connectivity index (χ3v) is 2.33. The molecule has 0 aliphatic rings. The predicted octanol–water partition coefficient (Wildman–Crippen LogP) is 2.14. The van der Waals surface area contributed by atoms with Gasteiger partial charge in [-0.15, -0.1) is 0 Å². The summed E-state index contributed by atoms with van der Waals surface area (Å²) in [5, 5.41) is 3.46. The number of nitrogens with two attached hydrogens (primary N) is 1. The van der Waals surface area contributed by atoms with Crippen LogP contribution in [0.5, 0.6) is 0 Å². The van der Waals surface area contributed by atoms with Gasteiger partial charge in [0.2, 0.25) is 5.89 Å². The van der Waals surface area contributed by atoms with Crippen LogP contribution in [0.2, 0.25) is 0 Å². The Hall–Kier alpha value is -1.22. The molecule has 0 fully saturated rings. The van der Waals surface area contributed by atoms with E-state index in [0.29, 0.717) is 0 Å². The van der Waals surface area contributed by atoms with Crippen molar-refractivity contribution < 1.29 is 26.8 Å². The number of rotatable bonds is 7. The Kier molecular flexibility index (Phi) is 5.24. The van der Waals surface area contributed by atoms with Crippen LogP contribution in [0.3, 0.4) is 0 Å². The second-order valence-electron chi connectivity index (χ2n) is 4.37. The molecule has 0 aliphatic heterocycles. The summed E-state index contributed by atoms with van der Waals surface area (Å²) in [6, 6.07) is -0.483. The Labute approximate surface area is 107 Å². The fraction of sp³-hybridized carbons (Fsp3) is 0.800. The second-order valence-corrected chi connectivity index (χ2v) is 4.37. The molecule has 1 aromatic heterocycles. The van der Waals surface area contributed by atoms with Crippen molar-refractivity contribution in [2.24, 2.45) is 11.7 Å². The zero-order chi connectivity index (χ0) is 14.6. The van der Waals surface area contributed by atoms with Gasteiger partial charge in [-0.1, -0.05) is 19.0 Å². The van der Waals surface area contributed by atoms with Crippen molar-refractivity contribution in [3.05, 3.63) is 11.7 Å². The van der Waals surface area contributed by atoms with Gasteiger partial charge >= 0.3 is 12.3 Å². The molecule has 110 valence electrons. The van der Waals surface area contributed by atoms with Crippen LogP contribution in [0.15, 0.2) is 4.52 Å². The van der Waals surface area contributed by atoms with Gasteiger partial charge in [0.05, 0.1) is 6.04 Å². The molecular weight excluding hydrogens is 270 g/mol. The molecule has 0 saturated heterocycles. The number of ether oxygens (including phenoxy) is 1. The van der Waals surface area contributed by atoms with Crippen LogP contribution in [0.1, 0.15) is 31.6 Å². The third kappa shape index (κ3) is 4.43. The summed E-state index contributed by atoms with van der Waals surface area (Å²) in [5.41, 5.74) is 5.73. The average molecular weight is 285 g/mol. The van der Waals surface area contributed by atoms with E-state index in [0.717, 1.165) is 0 Å². The van der Waals surface area contributed by atoms with Crippen molar-refractivity contribution in [2.75, 3.05) is 6.61 Å². The molecular formula is C10H15F4N3O2. The van der Waals surface area contributed by atoms with Crippen LogP contribution < -0.4 is 5.73 Å². The quantitative estimate of drug-likeness (QED) is 0.777. The molecule has 0 radical (unpaired) electrons. The summed E-state index contributed by atoms with van der Waals surface area (Å²) < 4.78 is 58.0. The molecule has 0 amide bonds. The normalized spacial score (nSPS) is 14.4. The maximum Gasteiger partial charge on any atom is 0.330 e. The van der Waals surface area contributed by atoms with E-state index >= 15 is 0 Å². The van der Waals surface area contributed by atoms with Gasteiger partial charge in [0.15, 0.2) is 5.82 Å². The molecule has 1 atom stereocenters. The van der Waals surface area contributed by atoms with Crippen molar-refractivity contribution >= 4 is 0 Å². The van der Waals surface area contributed by atoms with Gasteiger partial charge in [-0.3, -0.25) is 0 Å². The van der Waals surface area contributed by atoms with Crippen LogP contribution in [0, 0.1) is 5.92 Å². The Morgan fingerprint density at radius 1 is 1.37 bits per heavy atom. The van der Waals surface area contributed by atoms with Gasteiger partial charge in [0.25, 0.3) is 0 Å². The highest BCUT2D eigenvalue weighted by Gasteiger charge is 2.41. The lowest BCUT2D eigenvalue weighted by Gasteiger charge is -2.14. The number of aromatic nitrogens is 2. The summed E-state index contributed by atoms with van der Waals surface area (Å²) in [7, 11) is 0. The lowest BCUT2D eigenvalue weighted by molar-refractivity contribution is -0.168. The van der Waals surface area contributed by atoms with Crippen molar-refractivity contribution in [1.82, 2.24) is 10.1 Å². The molecule has 1 heterocycles. The Morgan fingerprint density at radius 2 is 2.00 bits per heavy atom. The van der Waals surface area contributed by atoms with Gasteiger partial charge < -0.3 is 15.0 Å². The molecule has 2 N–H and O–H groups in total. The minimum atomic E-state index is -4.19.